The molecule has 3 atom stereocenters. The number of para-hydroxylation sites is 1. The number of carbonyl (C=O) groups is 2. The van der Waals surface area contributed by atoms with E-state index in [0.717, 1.165) is 11.4 Å². The summed E-state index contributed by atoms with van der Waals surface area (Å²) < 4.78 is 5.76. The zero-order valence-electron chi connectivity index (χ0n) is 14.7. The monoisotopic (exact) mass is 350 g/mol. The van der Waals surface area contributed by atoms with Gasteiger partial charge < -0.3 is 14.6 Å². The smallest absolute Gasteiger partial charge is 0.244 e. The summed E-state index contributed by atoms with van der Waals surface area (Å²) in [6.45, 7) is 2.70. The van der Waals surface area contributed by atoms with E-state index in [0.29, 0.717) is 30.6 Å². The van der Waals surface area contributed by atoms with Gasteiger partial charge in [-0.15, -0.1) is 0 Å². The molecule has 1 saturated carbocycles. The molecule has 1 N–H and O–H groups in total. The van der Waals surface area contributed by atoms with Crippen molar-refractivity contribution in [2.75, 3.05) is 11.4 Å². The summed E-state index contributed by atoms with van der Waals surface area (Å²) in [5, 5.41) is 2.90. The SMILES string of the molecule is CC1CC1c1ccc(C=CC(=O)NC2CC(=O)N(c3ccccc3)C2)o1. The predicted molar refractivity (Wildman–Crippen MR) is 99.6 cm³/mol. The highest BCUT2D eigenvalue weighted by molar-refractivity contribution is 5.98. The summed E-state index contributed by atoms with van der Waals surface area (Å²) in [7, 11) is 0. The van der Waals surface area contributed by atoms with E-state index in [1.54, 1.807) is 11.0 Å². The van der Waals surface area contributed by atoms with Crippen LogP contribution in [0.5, 0.6) is 0 Å². The fraction of sp³-hybridized carbons (Fsp3) is 0.333. The van der Waals surface area contributed by atoms with Crippen LogP contribution in [-0.4, -0.2) is 24.4 Å². The van der Waals surface area contributed by atoms with Crippen LogP contribution in [0.4, 0.5) is 5.69 Å². The third-order valence-corrected chi connectivity index (χ3v) is 5.06. The first-order valence-corrected chi connectivity index (χ1v) is 9.04. The van der Waals surface area contributed by atoms with E-state index >= 15 is 0 Å². The van der Waals surface area contributed by atoms with Crippen LogP contribution >= 0.6 is 0 Å². The Kier molecular flexibility index (Phi) is 4.37. The van der Waals surface area contributed by atoms with E-state index in [1.807, 2.05) is 42.5 Å². The molecule has 5 heteroatoms. The molecule has 4 rings (SSSR count). The summed E-state index contributed by atoms with van der Waals surface area (Å²) in [4.78, 5) is 26.1. The Balaban J connectivity index is 1.32. The highest BCUT2D eigenvalue weighted by atomic mass is 16.3. The first-order valence-electron chi connectivity index (χ1n) is 9.04. The summed E-state index contributed by atoms with van der Waals surface area (Å²) in [6.07, 6.45) is 4.63. The van der Waals surface area contributed by atoms with Gasteiger partial charge in [0, 0.05) is 30.6 Å². The molecule has 0 spiro atoms. The van der Waals surface area contributed by atoms with Crippen molar-refractivity contribution in [2.24, 2.45) is 5.92 Å². The minimum atomic E-state index is -0.213. The van der Waals surface area contributed by atoms with Crippen LogP contribution in [0.3, 0.4) is 0 Å². The predicted octanol–water partition coefficient (Wildman–Crippen LogP) is 3.34. The van der Waals surface area contributed by atoms with Crippen LogP contribution < -0.4 is 10.2 Å². The van der Waals surface area contributed by atoms with Crippen molar-refractivity contribution in [3.05, 3.63) is 60.1 Å². The quantitative estimate of drug-likeness (QED) is 0.841. The average Bonchev–Trinajstić information content (AvgIpc) is 3.04. The number of nitrogens with zero attached hydrogens (tertiary/aromatic N) is 1. The molecule has 1 aromatic heterocycles. The Morgan fingerprint density at radius 1 is 1.23 bits per heavy atom. The molecule has 1 aliphatic heterocycles. The molecule has 0 radical (unpaired) electrons. The van der Waals surface area contributed by atoms with Crippen molar-refractivity contribution in [2.45, 2.75) is 31.7 Å². The number of nitrogens with one attached hydrogen (secondary N) is 1. The Bertz CT molecular complexity index is 840. The molecule has 2 fully saturated rings. The van der Waals surface area contributed by atoms with Gasteiger partial charge >= 0.3 is 0 Å². The van der Waals surface area contributed by atoms with Crippen molar-refractivity contribution in [1.29, 1.82) is 0 Å². The Morgan fingerprint density at radius 3 is 2.73 bits per heavy atom. The lowest BCUT2D eigenvalue weighted by molar-refractivity contribution is -0.117. The van der Waals surface area contributed by atoms with E-state index in [2.05, 4.69) is 12.2 Å². The number of benzene rings is 1. The van der Waals surface area contributed by atoms with Crippen LogP contribution in [0, 0.1) is 5.92 Å². The minimum absolute atomic E-state index is 0.0275. The molecule has 1 aliphatic carbocycles. The molecule has 2 aliphatic rings. The van der Waals surface area contributed by atoms with Crippen molar-refractivity contribution < 1.29 is 14.0 Å². The van der Waals surface area contributed by atoms with E-state index in [-0.39, 0.29) is 17.9 Å². The highest BCUT2D eigenvalue weighted by Gasteiger charge is 2.36. The molecule has 26 heavy (non-hydrogen) atoms. The Labute approximate surface area is 152 Å². The second-order valence-electron chi connectivity index (χ2n) is 7.14. The Morgan fingerprint density at radius 2 is 2.00 bits per heavy atom. The topological polar surface area (TPSA) is 62.6 Å². The standard InChI is InChI=1S/C21H22N2O3/c1-14-11-18(14)19-9-7-17(26-19)8-10-20(24)22-15-12-21(25)23(13-15)16-5-3-2-4-6-16/h2-10,14-15,18H,11-13H2,1H3,(H,22,24). The molecule has 5 nitrogen and oxygen atoms in total. The highest BCUT2D eigenvalue weighted by Crippen LogP contribution is 2.47. The van der Waals surface area contributed by atoms with Gasteiger partial charge in [-0.05, 0) is 42.7 Å². The summed E-state index contributed by atoms with van der Waals surface area (Å²) in [6, 6.07) is 13.2. The molecular formula is C21H22N2O3. The molecule has 0 bridgehead atoms. The van der Waals surface area contributed by atoms with Gasteiger partial charge in [0.2, 0.25) is 11.8 Å². The van der Waals surface area contributed by atoms with Gasteiger partial charge in [0.05, 0.1) is 6.04 Å². The van der Waals surface area contributed by atoms with Crippen molar-refractivity contribution in [3.8, 4) is 0 Å². The fourth-order valence-corrected chi connectivity index (χ4v) is 3.44. The van der Waals surface area contributed by atoms with Crippen LogP contribution in [0.1, 0.15) is 37.2 Å². The van der Waals surface area contributed by atoms with Gasteiger partial charge in [-0.2, -0.15) is 0 Å². The Hall–Kier alpha value is -2.82. The van der Waals surface area contributed by atoms with Crippen LogP contribution in [0.15, 0.2) is 53.0 Å². The summed E-state index contributed by atoms with van der Waals surface area (Å²) >= 11 is 0. The average molecular weight is 350 g/mol. The van der Waals surface area contributed by atoms with Crippen LogP contribution in [0.2, 0.25) is 0 Å². The largest absolute Gasteiger partial charge is 0.461 e. The molecule has 1 saturated heterocycles. The number of hydrogen-bond acceptors (Lipinski definition) is 3. The maximum absolute atomic E-state index is 12.2. The normalized spacial score (nSPS) is 25.0. The molecule has 2 amide bonds. The molecule has 1 aromatic carbocycles. The maximum Gasteiger partial charge on any atom is 0.244 e. The molecule has 2 aromatic rings. The van der Waals surface area contributed by atoms with Crippen LogP contribution in [0.25, 0.3) is 6.08 Å². The van der Waals surface area contributed by atoms with Gasteiger partial charge in [-0.1, -0.05) is 25.1 Å². The third-order valence-electron chi connectivity index (χ3n) is 5.06. The molecule has 3 unspecified atom stereocenters. The van der Waals surface area contributed by atoms with Gasteiger partial charge in [-0.3, -0.25) is 9.59 Å². The molecule has 2 heterocycles. The van der Waals surface area contributed by atoms with E-state index < -0.39 is 0 Å². The van der Waals surface area contributed by atoms with E-state index in [4.69, 9.17) is 4.42 Å². The summed E-state index contributed by atoms with van der Waals surface area (Å²) in [5.74, 6) is 2.71. The lowest BCUT2D eigenvalue weighted by atomic mass is 10.2. The first-order chi connectivity index (χ1) is 12.6. The lowest BCUT2D eigenvalue weighted by Gasteiger charge is -2.16. The van der Waals surface area contributed by atoms with Gasteiger partial charge in [0.25, 0.3) is 0 Å². The maximum atomic E-state index is 12.2. The van der Waals surface area contributed by atoms with Crippen molar-refractivity contribution in [1.82, 2.24) is 5.32 Å². The number of amides is 2. The molecule has 134 valence electrons. The first kappa shape index (κ1) is 16.6. The van der Waals surface area contributed by atoms with Crippen LogP contribution in [-0.2, 0) is 9.59 Å². The number of anilines is 1. The number of hydrogen-bond donors (Lipinski definition) is 1. The second-order valence-corrected chi connectivity index (χ2v) is 7.14. The minimum Gasteiger partial charge on any atom is -0.461 e. The van der Waals surface area contributed by atoms with Crippen molar-refractivity contribution >= 4 is 23.6 Å². The van der Waals surface area contributed by atoms with Gasteiger partial charge in [0.1, 0.15) is 11.5 Å². The summed E-state index contributed by atoms with van der Waals surface area (Å²) in [5.41, 5.74) is 0.863. The zero-order chi connectivity index (χ0) is 18.1. The third kappa shape index (κ3) is 3.57. The zero-order valence-corrected chi connectivity index (χ0v) is 14.7. The lowest BCUT2D eigenvalue weighted by Crippen LogP contribution is -2.36. The van der Waals surface area contributed by atoms with E-state index in [9.17, 15) is 9.59 Å². The van der Waals surface area contributed by atoms with E-state index in [1.165, 1.54) is 12.5 Å². The van der Waals surface area contributed by atoms with Gasteiger partial charge in [0.15, 0.2) is 0 Å². The van der Waals surface area contributed by atoms with Gasteiger partial charge in [-0.25, -0.2) is 0 Å². The number of carbonyl (C=O) groups excluding carboxylic acids is 2. The molecular weight excluding hydrogens is 328 g/mol. The second kappa shape index (κ2) is 6.83. The number of rotatable bonds is 5. The fourth-order valence-electron chi connectivity index (χ4n) is 3.44. The van der Waals surface area contributed by atoms with Crippen molar-refractivity contribution in [3.63, 3.8) is 0 Å². The number of furan rings is 1.